The minimum atomic E-state index is -3.11. The average molecular weight is 330 g/mol. The van der Waals surface area contributed by atoms with Gasteiger partial charge in [0.1, 0.15) is 5.69 Å². The fraction of sp³-hybridized carbons (Fsp3) is 0.0625. The molecule has 0 unspecified atom stereocenters. The van der Waals surface area contributed by atoms with E-state index in [2.05, 4.69) is 19.9 Å². The summed E-state index contributed by atoms with van der Waals surface area (Å²) >= 11 is 0. The van der Waals surface area contributed by atoms with Crippen LogP contribution in [0.5, 0.6) is 5.75 Å². The predicted molar refractivity (Wildman–Crippen MR) is 80.3 cm³/mol. The molecule has 0 spiro atoms. The van der Waals surface area contributed by atoms with E-state index in [-0.39, 0.29) is 0 Å². The lowest BCUT2D eigenvalue weighted by molar-refractivity contribution is -0.0520. The van der Waals surface area contributed by atoms with E-state index in [1.165, 1.54) is 0 Å². The van der Waals surface area contributed by atoms with Crippen LogP contribution in [0.15, 0.2) is 48.7 Å². The fourth-order valence-corrected chi connectivity index (χ4v) is 2.45. The summed E-state index contributed by atoms with van der Waals surface area (Å²) in [5.74, 6) is -0.924. The summed E-state index contributed by atoms with van der Waals surface area (Å²) in [6.45, 7) is -3.11. The van der Waals surface area contributed by atoms with Gasteiger partial charge in [0.25, 0.3) is 0 Å². The molecule has 120 valence electrons. The molecule has 0 fully saturated rings. The van der Waals surface area contributed by atoms with Gasteiger partial charge in [0.05, 0.1) is 5.52 Å². The Bertz CT molecular complexity index is 1050. The van der Waals surface area contributed by atoms with Crippen molar-refractivity contribution in [3.63, 3.8) is 0 Å². The van der Waals surface area contributed by atoms with E-state index in [1.807, 2.05) is 12.1 Å². The lowest BCUT2D eigenvalue weighted by Crippen LogP contribution is -2.04. The third kappa shape index (κ3) is 2.41. The predicted octanol–water partition coefficient (Wildman–Crippen LogP) is 3.69. The van der Waals surface area contributed by atoms with Gasteiger partial charge in [-0.2, -0.15) is 8.78 Å². The van der Waals surface area contributed by atoms with Gasteiger partial charge in [-0.1, -0.05) is 12.1 Å². The largest absolute Gasteiger partial charge is 0.432 e. The molecular formula is C16H9F3N4O. The van der Waals surface area contributed by atoms with Crippen molar-refractivity contribution in [3.8, 4) is 17.3 Å². The van der Waals surface area contributed by atoms with Crippen molar-refractivity contribution in [2.45, 2.75) is 6.61 Å². The van der Waals surface area contributed by atoms with Gasteiger partial charge >= 0.3 is 6.61 Å². The molecule has 0 atom stereocenters. The number of pyridine rings is 2. The first kappa shape index (κ1) is 14.4. The molecule has 0 radical (unpaired) electrons. The van der Waals surface area contributed by atoms with Crippen LogP contribution in [-0.2, 0) is 0 Å². The van der Waals surface area contributed by atoms with Gasteiger partial charge in [-0.3, -0.25) is 4.40 Å². The molecule has 0 saturated carbocycles. The van der Waals surface area contributed by atoms with Crippen LogP contribution in [0.1, 0.15) is 0 Å². The van der Waals surface area contributed by atoms with Crippen molar-refractivity contribution in [1.82, 2.24) is 19.6 Å². The molecule has 0 aliphatic rings. The van der Waals surface area contributed by atoms with E-state index in [0.29, 0.717) is 28.1 Å². The summed E-state index contributed by atoms with van der Waals surface area (Å²) in [6.07, 6.45) is 1.78. The smallest absolute Gasteiger partial charge is 0.387 e. The quantitative estimate of drug-likeness (QED) is 0.575. The first-order valence-corrected chi connectivity index (χ1v) is 6.97. The molecule has 0 N–H and O–H groups in total. The van der Waals surface area contributed by atoms with E-state index in [0.717, 1.165) is 12.1 Å². The number of halogens is 3. The highest BCUT2D eigenvalue weighted by Crippen LogP contribution is 2.27. The first-order valence-electron chi connectivity index (χ1n) is 6.97. The Morgan fingerprint density at radius 1 is 1.04 bits per heavy atom. The highest BCUT2D eigenvalue weighted by atomic mass is 19.3. The van der Waals surface area contributed by atoms with Gasteiger partial charge in [0.2, 0.25) is 0 Å². The van der Waals surface area contributed by atoms with Crippen molar-refractivity contribution < 1.29 is 17.9 Å². The van der Waals surface area contributed by atoms with Gasteiger partial charge in [0, 0.05) is 17.6 Å². The maximum absolute atomic E-state index is 13.7. The number of ether oxygens (including phenoxy) is 1. The Balaban J connectivity index is 1.86. The molecule has 4 aromatic rings. The molecule has 4 rings (SSSR count). The van der Waals surface area contributed by atoms with Crippen LogP contribution in [0.4, 0.5) is 13.2 Å². The number of rotatable bonds is 3. The normalized spacial score (nSPS) is 11.5. The van der Waals surface area contributed by atoms with Crippen LogP contribution in [0.3, 0.4) is 0 Å². The van der Waals surface area contributed by atoms with Gasteiger partial charge < -0.3 is 4.74 Å². The van der Waals surface area contributed by atoms with Crippen LogP contribution in [0.2, 0.25) is 0 Å². The molecule has 3 heterocycles. The lowest BCUT2D eigenvalue weighted by atomic mass is 10.2. The van der Waals surface area contributed by atoms with Gasteiger partial charge in [-0.25, -0.2) is 9.37 Å². The van der Waals surface area contributed by atoms with Crippen molar-refractivity contribution in [3.05, 3.63) is 54.5 Å². The van der Waals surface area contributed by atoms with Gasteiger partial charge in [-0.15, -0.1) is 10.2 Å². The minimum Gasteiger partial charge on any atom is -0.432 e. The van der Waals surface area contributed by atoms with Crippen LogP contribution >= 0.6 is 0 Å². The molecule has 24 heavy (non-hydrogen) atoms. The Morgan fingerprint density at radius 2 is 1.92 bits per heavy atom. The summed E-state index contributed by atoms with van der Waals surface area (Å²) in [5.41, 5.74) is 1.45. The molecular weight excluding hydrogens is 321 g/mol. The third-order valence-electron chi connectivity index (χ3n) is 3.50. The zero-order chi connectivity index (χ0) is 16.7. The second kappa shape index (κ2) is 5.48. The van der Waals surface area contributed by atoms with Crippen LogP contribution in [0, 0.1) is 5.82 Å². The molecule has 0 amide bonds. The van der Waals surface area contributed by atoms with Crippen molar-refractivity contribution in [2.24, 2.45) is 0 Å². The maximum atomic E-state index is 13.7. The molecule has 1 aromatic carbocycles. The summed E-state index contributed by atoms with van der Waals surface area (Å²) in [7, 11) is 0. The Labute approximate surface area is 133 Å². The molecule has 0 saturated heterocycles. The Kier molecular flexibility index (Phi) is 3.30. The first-order chi connectivity index (χ1) is 11.6. The van der Waals surface area contributed by atoms with E-state index in [1.54, 1.807) is 28.8 Å². The summed E-state index contributed by atoms with van der Waals surface area (Å²) in [5, 5.41) is 8.59. The van der Waals surface area contributed by atoms with Gasteiger partial charge in [0.15, 0.2) is 23.0 Å². The van der Waals surface area contributed by atoms with Crippen LogP contribution in [-0.4, -0.2) is 26.2 Å². The van der Waals surface area contributed by atoms with E-state index < -0.39 is 18.2 Å². The number of aromatic nitrogens is 4. The Morgan fingerprint density at radius 3 is 2.75 bits per heavy atom. The lowest BCUT2D eigenvalue weighted by Gasteiger charge is -2.08. The SMILES string of the molecule is Fc1cc2ccc(-c3nnc4ccccn34)nc2cc1OC(F)F. The van der Waals surface area contributed by atoms with E-state index in [4.69, 9.17) is 0 Å². The zero-order valence-electron chi connectivity index (χ0n) is 12.0. The molecule has 0 aliphatic carbocycles. The monoisotopic (exact) mass is 330 g/mol. The Hall–Kier alpha value is -3.16. The van der Waals surface area contributed by atoms with E-state index >= 15 is 0 Å². The number of alkyl halides is 2. The minimum absolute atomic E-state index is 0.317. The second-order valence-electron chi connectivity index (χ2n) is 5.00. The fourth-order valence-electron chi connectivity index (χ4n) is 2.45. The summed E-state index contributed by atoms with van der Waals surface area (Å²) < 4.78 is 44.4. The number of benzene rings is 1. The highest BCUT2D eigenvalue weighted by Gasteiger charge is 2.14. The number of fused-ring (bicyclic) bond motifs is 2. The van der Waals surface area contributed by atoms with Crippen molar-refractivity contribution in [2.75, 3.05) is 0 Å². The maximum Gasteiger partial charge on any atom is 0.387 e. The third-order valence-corrected chi connectivity index (χ3v) is 3.50. The van der Waals surface area contributed by atoms with Crippen molar-refractivity contribution in [1.29, 1.82) is 0 Å². The number of hydrogen-bond donors (Lipinski definition) is 0. The molecule has 0 bridgehead atoms. The standard InChI is InChI=1S/C16H9F3N4O/c17-10-7-9-4-5-11(20-12(9)8-13(10)24-16(18)19)15-22-21-14-3-1-2-6-23(14)15/h1-8,16H. The molecule has 8 heteroatoms. The number of nitrogens with zero attached hydrogens (tertiary/aromatic N) is 4. The highest BCUT2D eigenvalue weighted by molar-refractivity contribution is 5.82. The summed E-state index contributed by atoms with van der Waals surface area (Å²) in [4.78, 5) is 4.36. The summed E-state index contributed by atoms with van der Waals surface area (Å²) in [6, 6.07) is 11.0. The van der Waals surface area contributed by atoms with E-state index in [9.17, 15) is 13.2 Å². The molecule has 3 aromatic heterocycles. The molecule has 0 aliphatic heterocycles. The zero-order valence-corrected chi connectivity index (χ0v) is 12.0. The topological polar surface area (TPSA) is 52.3 Å². The number of hydrogen-bond acceptors (Lipinski definition) is 4. The van der Waals surface area contributed by atoms with Crippen LogP contribution in [0.25, 0.3) is 28.1 Å². The van der Waals surface area contributed by atoms with Crippen molar-refractivity contribution >= 4 is 16.6 Å². The van der Waals surface area contributed by atoms with Gasteiger partial charge in [-0.05, 0) is 24.3 Å². The average Bonchev–Trinajstić information content (AvgIpc) is 2.99. The van der Waals surface area contributed by atoms with Crippen LogP contribution < -0.4 is 4.74 Å². The second-order valence-corrected chi connectivity index (χ2v) is 5.00. The molecule has 5 nitrogen and oxygen atoms in total.